The molecule has 0 spiro atoms. The van der Waals surface area contributed by atoms with Crippen molar-refractivity contribution in [3.05, 3.63) is 0 Å². The van der Waals surface area contributed by atoms with Crippen LogP contribution in [0.5, 0.6) is 0 Å². The third-order valence-corrected chi connectivity index (χ3v) is 4.61. The Labute approximate surface area is 103 Å². The van der Waals surface area contributed by atoms with Gasteiger partial charge in [0.05, 0.1) is 18.6 Å². The number of nitrogens with one attached hydrogen (secondary N) is 1. The van der Waals surface area contributed by atoms with Gasteiger partial charge >= 0.3 is 0 Å². The lowest BCUT2D eigenvalue weighted by Gasteiger charge is -2.29. The molecule has 5 atom stereocenters. The Bertz CT molecular complexity index is 291. The SMILES string of the molecule is CC(C)C(CO)NC(=O)C1C2CCC(C2)C1N. The van der Waals surface area contributed by atoms with Crippen molar-refractivity contribution in [2.75, 3.05) is 6.61 Å². The van der Waals surface area contributed by atoms with E-state index < -0.39 is 0 Å². The van der Waals surface area contributed by atoms with Crippen molar-refractivity contribution in [2.24, 2.45) is 29.4 Å². The molecule has 0 saturated heterocycles. The minimum atomic E-state index is -0.145. The van der Waals surface area contributed by atoms with Crippen molar-refractivity contribution in [3.8, 4) is 0 Å². The summed E-state index contributed by atoms with van der Waals surface area (Å²) in [5.74, 6) is 1.29. The summed E-state index contributed by atoms with van der Waals surface area (Å²) in [6, 6.07) is -0.117. The van der Waals surface area contributed by atoms with Gasteiger partial charge in [-0.25, -0.2) is 0 Å². The van der Waals surface area contributed by atoms with E-state index in [9.17, 15) is 9.90 Å². The monoisotopic (exact) mass is 240 g/mol. The number of rotatable bonds is 4. The Balaban J connectivity index is 1.96. The fourth-order valence-corrected chi connectivity index (χ4v) is 3.43. The second kappa shape index (κ2) is 4.94. The van der Waals surface area contributed by atoms with E-state index in [2.05, 4.69) is 5.32 Å². The lowest BCUT2D eigenvalue weighted by molar-refractivity contribution is -0.128. The molecule has 5 unspecified atom stereocenters. The molecule has 0 aliphatic heterocycles. The zero-order chi connectivity index (χ0) is 12.6. The van der Waals surface area contributed by atoms with Crippen molar-refractivity contribution in [2.45, 2.75) is 45.2 Å². The lowest BCUT2D eigenvalue weighted by atomic mass is 9.84. The van der Waals surface area contributed by atoms with Crippen LogP contribution in [0.15, 0.2) is 0 Å². The highest BCUT2D eigenvalue weighted by Crippen LogP contribution is 2.47. The predicted molar refractivity (Wildman–Crippen MR) is 66.2 cm³/mol. The smallest absolute Gasteiger partial charge is 0.225 e. The molecule has 17 heavy (non-hydrogen) atoms. The summed E-state index contributed by atoms with van der Waals surface area (Å²) < 4.78 is 0. The summed E-state index contributed by atoms with van der Waals surface area (Å²) in [6.45, 7) is 4.00. The van der Waals surface area contributed by atoms with Crippen molar-refractivity contribution in [1.82, 2.24) is 5.32 Å². The Morgan fingerprint density at radius 3 is 2.53 bits per heavy atom. The highest BCUT2D eigenvalue weighted by molar-refractivity contribution is 5.80. The molecule has 98 valence electrons. The summed E-state index contributed by atoms with van der Waals surface area (Å²) in [4.78, 5) is 12.2. The minimum Gasteiger partial charge on any atom is -0.394 e. The average molecular weight is 240 g/mol. The predicted octanol–water partition coefficient (Wildman–Crippen LogP) is 0.493. The molecule has 2 fully saturated rings. The largest absolute Gasteiger partial charge is 0.394 e. The molecule has 2 bridgehead atoms. The van der Waals surface area contributed by atoms with E-state index in [0.717, 1.165) is 12.8 Å². The van der Waals surface area contributed by atoms with Crippen molar-refractivity contribution >= 4 is 5.91 Å². The van der Waals surface area contributed by atoms with Gasteiger partial charge in [0.1, 0.15) is 0 Å². The number of fused-ring (bicyclic) bond motifs is 2. The number of carbonyl (C=O) groups excluding carboxylic acids is 1. The van der Waals surface area contributed by atoms with Gasteiger partial charge in [-0.15, -0.1) is 0 Å². The Morgan fingerprint density at radius 2 is 2.06 bits per heavy atom. The van der Waals surface area contributed by atoms with Crippen LogP contribution in [-0.4, -0.2) is 29.7 Å². The molecule has 2 aliphatic rings. The summed E-state index contributed by atoms with van der Waals surface area (Å²) >= 11 is 0. The lowest BCUT2D eigenvalue weighted by Crippen LogP contribution is -2.50. The first-order valence-electron chi connectivity index (χ1n) is 6.71. The summed E-state index contributed by atoms with van der Waals surface area (Å²) in [6.07, 6.45) is 3.44. The molecule has 4 nitrogen and oxygen atoms in total. The molecule has 2 rings (SSSR count). The van der Waals surface area contributed by atoms with E-state index in [-0.39, 0.29) is 36.4 Å². The van der Waals surface area contributed by atoms with Crippen LogP contribution in [0.2, 0.25) is 0 Å². The van der Waals surface area contributed by atoms with E-state index >= 15 is 0 Å². The zero-order valence-electron chi connectivity index (χ0n) is 10.7. The first-order valence-corrected chi connectivity index (χ1v) is 6.71. The van der Waals surface area contributed by atoms with Crippen LogP contribution in [0.3, 0.4) is 0 Å². The Hall–Kier alpha value is -0.610. The van der Waals surface area contributed by atoms with Crippen molar-refractivity contribution in [3.63, 3.8) is 0 Å². The Morgan fingerprint density at radius 1 is 1.41 bits per heavy atom. The standard InChI is InChI=1S/C13H24N2O2/c1-7(2)10(6-16)15-13(17)11-8-3-4-9(5-8)12(11)14/h7-12,16H,3-6,14H2,1-2H3,(H,15,17). The second-order valence-electron chi connectivity index (χ2n) is 5.98. The van der Waals surface area contributed by atoms with Crippen LogP contribution in [0.1, 0.15) is 33.1 Å². The summed E-state index contributed by atoms with van der Waals surface area (Å²) in [7, 11) is 0. The number of hydrogen-bond acceptors (Lipinski definition) is 3. The number of hydrogen-bond donors (Lipinski definition) is 3. The first-order chi connectivity index (χ1) is 8.04. The molecule has 4 N–H and O–H groups in total. The van der Waals surface area contributed by atoms with E-state index in [1.807, 2.05) is 13.8 Å². The fourth-order valence-electron chi connectivity index (χ4n) is 3.43. The van der Waals surface area contributed by atoms with Gasteiger partial charge in [-0.05, 0) is 37.0 Å². The molecule has 0 aromatic heterocycles. The molecule has 2 saturated carbocycles. The highest BCUT2D eigenvalue weighted by atomic mass is 16.3. The van der Waals surface area contributed by atoms with E-state index in [1.165, 1.54) is 6.42 Å². The van der Waals surface area contributed by atoms with Crippen LogP contribution in [-0.2, 0) is 4.79 Å². The van der Waals surface area contributed by atoms with E-state index in [1.54, 1.807) is 0 Å². The van der Waals surface area contributed by atoms with Gasteiger partial charge in [-0.3, -0.25) is 4.79 Å². The third-order valence-electron chi connectivity index (χ3n) is 4.61. The molecular formula is C13H24N2O2. The number of aliphatic hydroxyl groups excluding tert-OH is 1. The maximum atomic E-state index is 12.2. The quantitative estimate of drug-likeness (QED) is 0.669. The van der Waals surface area contributed by atoms with Crippen LogP contribution in [0.4, 0.5) is 0 Å². The molecule has 1 amide bonds. The van der Waals surface area contributed by atoms with Crippen molar-refractivity contribution in [1.29, 1.82) is 0 Å². The van der Waals surface area contributed by atoms with Crippen LogP contribution in [0.25, 0.3) is 0 Å². The second-order valence-corrected chi connectivity index (χ2v) is 5.98. The number of amides is 1. The zero-order valence-corrected chi connectivity index (χ0v) is 10.7. The van der Waals surface area contributed by atoms with Gasteiger partial charge in [0.15, 0.2) is 0 Å². The Kier molecular flexibility index (Phi) is 3.73. The maximum Gasteiger partial charge on any atom is 0.225 e. The van der Waals surface area contributed by atoms with Gasteiger partial charge in [-0.2, -0.15) is 0 Å². The van der Waals surface area contributed by atoms with Gasteiger partial charge in [0.25, 0.3) is 0 Å². The normalized spacial score (nSPS) is 37.5. The molecule has 0 radical (unpaired) electrons. The molecule has 0 aromatic carbocycles. The minimum absolute atomic E-state index is 0.000536. The highest BCUT2D eigenvalue weighted by Gasteiger charge is 2.49. The first kappa shape index (κ1) is 12.8. The van der Waals surface area contributed by atoms with Crippen LogP contribution in [0, 0.1) is 23.7 Å². The topological polar surface area (TPSA) is 75.3 Å². The van der Waals surface area contributed by atoms with Gasteiger partial charge in [0.2, 0.25) is 5.91 Å². The maximum absolute atomic E-state index is 12.2. The molecule has 0 heterocycles. The van der Waals surface area contributed by atoms with Gasteiger partial charge in [-0.1, -0.05) is 13.8 Å². The van der Waals surface area contributed by atoms with Gasteiger partial charge < -0.3 is 16.2 Å². The molecule has 4 heteroatoms. The van der Waals surface area contributed by atoms with E-state index in [0.29, 0.717) is 11.8 Å². The van der Waals surface area contributed by atoms with Crippen LogP contribution >= 0.6 is 0 Å². The fraction of sp³-hybridized carbons (Fsp3) is 0.923. The third kappa shape index (κ3) is 2.33. The summed E-state index contributed by atoms with van der Waals surface area (Å²) in [5, 5.41) is 12.2. The summed E-state index contributed by atoms with van der Waals surface area (Å²) in [5.41, 5.74) is 6.14. The number of nitrogens with two attached hydrogens (primary N) is 1. The van der Waals surface area contributed by atoms with Crippen molar-refractivity contribution < 1.29 is 9.90 Å². The number of aliphatic hydroxyl groups is 1. The number of carbonyl (C=O) groups is 1. The van der Waals surface area contributed by atoms with Gasteiger partial charge in [0, 0.05) is 6.04 Å². The van der Waals surface area contributed by atoms with Crippen LogP contribution < -0.4 is 11.1 Å². The average Bonchev–Trinajstić information content (AvgIpc) is 2.85. The van der Waals surface area contributed by atoms with E-state index in [4.69, 9.17) is 5.73 Å². The molecule has 0 aromatic rings. The molecule has 2 aliphatic carbocycles. The molecular weight excluding hydrogens is 216 g/mol.